The molecule has 0 saturated heterocycles. The van der Waals surface area contributed by atoms with Gasteiger partial charge < -0.3 is 4.74 Å². The van der Waals surface area contributed by atoms with E-state index in [-0.39, 0.29) is 6.10 Å². The van der Waals surface area contributed by atoms with Gasteiger partial charge in [-0.2, -0.15) is 0 Å². The van der Waals surface area contributed by atoms with E-state index < -0.39 is 0 Å². The lowest BCUT2D eigenvalue weighted by Crippen LogP contribution is -1.98. The second-order valence-corrected chi connectivity index (χ2v) is 2.64. The Hall–Kier alpha value is -0.890. The number of pyridine rings is 1. The monoisotopic (exact) mass is 151 g/mol. The van der Waals surface area contributed by atoms with E-state index in [0.717, 1.165) is 5.69 Å². The van der Waals surface area contributed by atoms with Crippen LogP contribution in [0.4, 0.5) is 0 Å². The van der Waals surface area contributed by atoms with E-state index in [0.29, 0.717) is 0 Å². The van der Waals surface area contributed by atoms with Gasteiger partial charge in [0.05, 0.1) is 11.8 Å². The third-order valence-electron chi connectivity index (χ3n) is 1.70. The van der Waals surface area contributed by atoms with Crippen LogP contribution in [0, 0.1) is 6.92 Å². The Labute approximate surface area is 67.2 Å². The summed E-state index contributed by atoms with van der Waals surface area (Å²) in [6.07, 6.45) is 1.95. The molecule has 0 fully saturated rings. The summed E-state index contributed by atoms with van der Waals surface area (Å²) in [7, 11) is 1.69. The number of aromatic nitrogens is 1. The Bertz CT molecular complexity index is 218. The first kappa shape index (κ1) is 8.21. The largest absolute Gasteiger partial charge is 0.375 e. The highest BCUT2D eigenvalue weighted by molar-refractivity contribution is 5.13. The van der Waals surface area contributed by atoms with Crippen LogP contribution in [0.15, 0.2) is 18.3 Å². The number of methoxy groups -OCH3 is 1. The molecule has 0 saturated carbocycles. The van der Waals surface area contributed by atoms with E-state index in [1.54, 1.807) is 7.11 Å². The Morgan fingerprint density at radius 1 is 1.45 bits per heavy atom. The summed E-state index contributed by atoms with van der Waals surface area (Å²) in [6.45, 7) is 4.01. The molecule has 1 heterocycles. The van der Waals surface area contributed by atoms with Gasteiger partial charge >= 0.3 is 0 Å². The smallest absolute Gasteiger partial charge is 0.0962 e. The van der Waals surface area contributed by atoms with Gasteiger partial charge in [-0.1, -0.05) is 6.07 Å². The zero-order chi connectivity index (χ0) is 8.27. The lowest BCUT2D eigenvalue weighted by Gasteiger charge is -2.07. The molecule has 1 aromatic rings. The predicted molar refractivity (Wildman–Crippen MR) is 44.4 cm³/mol. The van der Waals surface area contributed by atoms with Gasteiger partial charge in [-0.05, 0) is 25.5 Å². The van der Waals surface area contributed by atoms with Crippen LogP contribution < -0.4 is 0 Å². The summed E-state index contributed by atoms with van der Waals surface area (Å²) in [4.78, 5) is 4.22. The maximum atomic E-state index is 5.11. The molecule has 1 aromatic heterocycles. The van der Waals surface area contributed by atoms with Crippen LogP contribution in [0.5, 0.6) is 0 Å². The van der Waals surface area contributed by atoms with Gasteiger partial charge in [0.25, 0.3) is 0 Å². The molecule has 0 spiro atoms. The van der Waals surface area contributed by atoms with Crippen molar-refractivity contribution in [2.75, 3.05) is 7.11 Å². The number of nitrogens with zero attached hydrogens (tertiary/aromatic N) is 1. The van der Waals surface area contributed by atoms with Crippen LogP contribution in [0.1, 0.15) is 24.3 Å². The molecule has 0 aliphatic carbocycles. The Balaban J connectivity index is 2.81. The van der Waals surface area contributed by atoms with E-state index in [2.05, 4.69) is 4.98 Å². The van der Waals surface area contributed by atoms with Crippen molar-refractivity contribution in [1.29, 1.82) is 0 Å². The molecule has 2 nitrogen and oxygen atoms in total. The SMILES string of the molecule is COC(C)c1ccc(C)cn1. The van der Waals surface area contributed by atoms with Crippen molar-refractivity contribution in [2.24, 2.45) is 0 Å². The minimum atomic E-state index is 0.0931. The fraction of sp³-hybridized carbons (Fsp3) is 0.444. The highest BCUT2D eigenvalue weighted by Gasteiger charge is 2.02. The normalized spacial score (nSPS) is 13.0. The molecule has 2 heteroatoms. The van der Waals surface area contributed by atoms with E-state index in [9.17, 15) is 0 Å². The molecule has 0 aliphatic heterocycles. The van der Waals surface area contributed by atoms with Gasteiger partial charge in [0.1, 0.15) is 0 Å². The number of hydrogen-bond donors (Lipinski definition) is 0. The lowest BCUT2D eigenvalue weighted by atomic mass is 10.2. The van der Waals surface area contributed by atoms with E-state index in [1.165, 1.54) is 5.56 Å². The van der Waals surface area contributed by atoms with Crippen LogP contribution in [-0.2, 0) is 4.74 Å². The first-order chi connectivity index (χ1) is 5.24. The summed E-state index contributed by atoms with van der Waals surface area (Å²) in [6, 6.07) is 4.03. The minimum Gasteiger partial charge on any atom is -0.375 e. The molecule has 0 amide bonds. The quantitative estimate of drug-likeness (QED) is 0.645. The zero-order valence-corrected chi connectivity index (χ0v) is 7.16. The number of ether oxygens (including phenoxy) is 1. The van der Waals surface area contributed by atoms with Crippen molar-refractivity contribution in [3.63, 3.8) is 0 Å². The Morgan fingerprint density at radius 3 is 2.64 bits per heavy atom. The van der Waals surface area contributed by atoms with E-state index >= 15 is 0 Å². The topological polar surface area (TPSA) is 22.1 Å². The third kappa shape index (κ3) is 2.02. The van der Waals surface area contributed by atoms with Crippen molar-refractivity contribution in [2.45, 2.75) is 20.0 Å². The van der Waals surface area contributed by atoms with Crippen LogP contribution in [0.2, 0.25) is 0 Å². The molecular weight excluding hydrogens is 138 g/mol. The van der Waals surface area contributed by atoms with Gasteiger partial charge in [0.15, 0.2) is 0 Å². The number of aryl methyl sites for hydroxylation is 1. The highest BCUT2D eigenvalue weighted by atomic mass is 16.5. The van der Waals surface area contributed by atoms with Gasteiger partial charge in [-0.15, -0.1) is 0 Å². The molecule has 0 bridgehead atoms. The Morgan fingerprint density at radius 2 is 2.18 bits per heavy atom. The number of hydrogen-bond acceptors (Lipinski definition) is 2. The molecule has 0 aromatic carbocycles. The summed E-state index contributed by atoms with van der Waals surface area (Å²) in [5.74, 6) is 0. The van der Waals surface area contributed by atoms with Crippen molar-refractivity contribution in [3.05, 3.63) is 29.6 Å². The van der Waals surface area contributed by atoms with Crippen LogP contribution in [-0.4, -0.2) is 12.1 Å². The molecular formula is C9H13NO. The molecule has 1 atom stereocenters. The first-order valence-electron chi connectivity index (χ1n) is 3.69. The van der Waals surface area contributed by atoms with E-state index in [1.807, 2.05) is 32.2 Å². The van der Waals surface area contributed by atoms with Gasteiger partial charge in [0.2, 0.25) is 0 Å². The second kappa shape index (κ2) is 3.49. The van der Waals surface area contributed by atoms with Crippen LogP contribution in [0.25, 0.3) is 0 Å². The number of rotatable bonds is 2. The molecule has 0 radical (unpaired) electrons. The third-order valence-corrected chi connectivity index (χ3v) is 1.70. The van der Waals surface area contributed by atoms with Crippen molar-refractivity contribution < 1.29 is 4.74 Å². The fourth-order valence-corrected chi connectivity index (χ4v) is 0.840. The maximum absolute atomic E-state index is 5.11. The van der Waals surface area contributed by atoms with Crippen LogP contribution in [0.3, 0.4) is 0 Å². The summed E-state index contributed by atoms with van der Waals surface area (Å²) >= 11 is 0. The van der Waals surface area contributed by atoms with Gasteiger partial charge in [-0.25, -0.2) is 0 Å². The molecule has 0 aliphatic rings. The standard InChI is InChI=1S/C9H13NO/c1-7-4-5-9(10-6-7)8(2)11-3/h4-6,8H,1-3H3. The summed E-state index contributed by atoms with van der Waals surface area (Å²) < 4.78 is 5.11. The lowest BCUT2D eigenvalue weighted by molar-refractivity contribution is 0.116. The summed E-state index contributed by atoms with van der Waals surface area (Å²) in [5.41, 5.74) is 2.16. The second-order valence-electron chi connectivity index (χ2n) is 2.64. The van der Waals surface area contributed by atoms with Crippen molar-refractivity contribution >= 4 is 0 Å². The van der Waals surface area contributed by atoms with Gasteiger partial charge in [0, 0.05) is 13.3 Å². The first-order valence-corrected chi connectivity index (χ1v) is 3.69. The Kier molecular flexibility index (Phi) is 2.60. The highest BCUT2D eigenvalue weighted by Crippen LogP contribution is 2.12. The van der Waals surface area contributed by atoms with Gasteiger partial charge in [-0.3, -0.25) is 4.98 Å². The molecule has 1 unspecified atom stereocenters. The average molecular weight is 151 g/mol. The average Bonchev–Trinajstić information content (AvgIpc) is 2.05. The van der Waals surface area contributed by atoms with E-state index in [4.69, 9.17) is 4.74 Å². The minimum absolute atomic E-state index is 0.0931. The molecule has 0 N–H and O–H groups in total. The zero-order valence-electron chi connectivity index (χ0n) is 7.16. The van der Waals surface area contributed by atoms with Crippen molar-refractivity contribution in [3.8, 4) is 0 Å². The summed E-state index contributed by atoms with van der Waals surface area (Å²) in [5, 5.41) is 0. The fourth-order valence-electron chi connectivity index (χ4n) is 0.840. The van der Waals surface area contributed by atoms with Crippen molar-refractivity contribution in [1.82, 2.24) is 4.98 Å². The predicted octanol–water partition coefficient (Wildman–Crippen LogP) is 2.10. The van der Waals surface area contributed by atoms with Crippen LogP contribution >= 0.6 is 0 Å². The molecule has 60 valence electrons. The molecule has 11 heavy (non-hydrogen) atoms. The molecule has 1 rings (SSSR count). The maximum Gasteiger partial charge on any atom is 0.0962 e.